The number of carbonyl (C=O) groups excluding carboxylic acids is 1. The van der Waals surface area contributed by atoms with E-state index in [1.807, 2.05) is 0 Å². The maximum atomic E-state index is 12.7. The Kier molecular flexibility index (Phi) is 5.88. The van der Waals surface area contributed by atoms with Gasteiger partial charge in [-0.15, -0.1) is 11.3 Å². The van der Waals surface area contributed by atoms with E-state index >= 15 is 0 Å². The molecule has 1 saturated carbocycles. The van der Waals surface area contributed by atoms with Crippen molar-refractivity contribution in [2.75, 3.05) is 5.32 Å². The predicted molar refractivity (Wildman–Crippen MR) is 104 cm³/mol. The summed E-state index contributed by atoms with van der Waals surface area (Å²) in [5.41, 5.74) is 0.798. The van der Waals surface area contributed by atoms with Crippen LogP contribution in [-0.2, 0) is 10.0 Å². The lowest BCUT2D eigenvalue weighted by atomic mass is 10.2. The Morgan fingerprint density at radius 1 is 1.23 bits per heavy atom. The normalized spacial score (nSPS) is 15.3. The van der Waals surface area contributed by atoms with Crippen LogP contribution in [0.25, 0.3) is 0 Å². The van der Waals surface area contributed by atoms with Gasteiger partial charge in [0.25, 0.3) is 5.91 Å². The van der Waals surface area contributed by atoms with Gasteiger partial charge in [0, 0.05) is 11.4 Å². The van der Waals surface area contributed by atoms with Gasteiger partial charge in [0.05, 0.1) is 21.3 Å². The number of anilines is 1. The van der Waals surface area contributed by atoms with E-state index in [1.165, 1.54) is 23.5 Å². The number of aryl methyl sites for hydroxylation is 1. The molecule has 0 aliphatic heterocycles. The van der Waals surface area contributed by atoms with Crippen LogP contribution in [0.2, 0.25) is 10.0 Å². The Bertz CT molecular complexity index is 938. The maximum Gasteiger partial charge on any atom is 0.259 e. The van der Waals surface area contributed by atoms with Crippen LogP contribution in [0.4, 0.5) is 5.13 Å². The zero-order valence-corrected chi connectivity index (χ0v) is 17.0. The van der Waals surface area contributed by atoms with Crippen LogP contribution in [0.5, 0.6) is 0 Å². The van der Waals surface area contributed by atoms with Gasteiger partial charge in [0.2, 0.25) is 10.0 Å². The minimum atomic E-state index is -3.85. The summed E-state index contributed by atoms with van der Waals surface area (Å²) < 4.78 is 28.0. The summed E-state index contributed by atoms with van der Waals surface area (Å²) in [5.74, 6) is -0.543. The lowest BCUT2D eigenvalue weighted by Gasteiger charge is -2.15. The van der Waals surface area contributed by atoms with Crippen LogP contribution < -0.4 is 10.0 Å². The van der Waals surface area contributed by atoms with E-state index in [1.54, 1.807) is 12.3 Å². The third kappa shape index (κ3) is 4.37. The van der Waals surface area contributed by atoms with Crippen LogP contribution in [0, 0.1) is 6.92 Å². The second kappa shape index (κ2) is 7.82. The molecule has 140 valence electrons. The fourth-order valence-electron chi connectivity index (χ4n) is 2.81. The number of carbonyl (C=O) groups is 1. The van der Waals surface area contributed by atoms with Crippen LogP contribution >= 0.6 is 34.5 Å². The number of amides is 1. The smallest absolute Gasteiger partial charge is 0.259 e. The van der Waals surface area contributed by atoms with Crippen LogP contribution in [0.1, 0.15) is 41.7 Å². The van der Waals surface area contributed by atoms with Crippen molar-refractivity contribution in [1.29, 1.82) is 0 Å². The van der Waals surface area contributed by atoms with Crippen molar-refractivity contribution in [3.05, 3.63) is 38.8 Å². The van der Waals surface area contributed by atoms with E-state index in [9.17, 15) is 13.2 Å². The first-order chi connectivity index (χ1) is 12.3. The lowest BCUT2D eigenvalue weighted by molar-refractivity contribution is 0.102. The minimum absolute atomic E-state index is 0.0238. The Morgan fingerprint density at radius 2 is 1.92 bits per heavy atom. The molecular weight excluding hydrogens is 417 g/mol. The Labute approximate surface area is 166 Å². The molecule has 0 spiro atoms. The van der Waals surface area contributed by atoms with E-state index in [2.05, 4.69) is 15.0 Å². The molecule has 2 aromatic rings. The van der Waals surface area contributed by atoms with Crippen LogP contribution in [0.3, 0.4) is 0 Å². The second-order valence-electron chi connectivity index (χ2n) is 6.11. The topological polar surface area (TPSA) is 88.2 Å². The highest BCUT2D eigenvalue weighted by Crippen LogP contribution is 2.30. The molecule has 1 aromatic carbocycles. The number of benzene rings is 1. The first-order valence-electron chi connectivity index (χ1n) is 8.01. The van der Waals surface area contributed by atoms with Crippen molar-refractivity contribution in [2.45, 2.75) is 43.5 Å². The molecule has 26 heavy (non-hydrogen) atoms. The predicted octanol–water partition coefficient (Wildman–Crippen LogP) is 4.23. The van der Waals surface area contributed by atoms with Crippen molar-refractivity contribution in [1.82, 2.24) is 9.71 Å². The average Bonchev–Trinajstić information content (AvgIpc) is 3.18. The number of nitrogens with zero attached hydrogens (tertiary/aromatic N) is 1. The van der Waals surface area contributed by atoms with Gasteiger partial charge in [-0.25, -0.2) is 18.1 Å². The Balaban J connectivity index is 1.89. The number of sulfonamides is 1. The van der Waals surface area contributed by atoms with E-state index in [4.69, 9.17) is 23.2 Å². The molecule has 0 radical (unpaired) electrons. The monoisotopic (exact) mass is 433 g/mol. The minimum Gasteiger partial charge on any atom is -0.298 e. The molecule has 6 nitrogen and oxygen atoms in total. The standard InChI is InChI=1S/C16H17Cl2N3O3S2/c1-9-8-25-16(19-9)20-15(22)11-6-14(13(18)7-12(11)17)26(23,24)21-10-4-2-3-5-10/h6-8,10,21H,2-5H2,1H3,(H,19,20,22). The zero-order valence-electron chi connectivity index (χ0n) is 13.9. The first kappa shape index (κ1) is 19.6. The van der Waals surface area contributed by atoms with Crippen molar-refractivity contribution < 1.29 is 13.2 Å². The highest BCUT2D eigenvalue weighted by molar-refractivity contribution is 7.89. The average molecular weight is 434 g/mol. The van der Waals surface area contributed by atoms with E-state index < -0.39 is 15.9 Å². The summed E-state index contributed by atoms with van der Waals surface area (Å²) in [5, 5.41) is 4.86. The van der Waals surface area contributed by atoms with Gasteiger partial charge in [0.15, 0.2) is 5.13 Å². The number of hydrogen-bond donors (Lipinski definition) is 2. The third-order valence-electron chi connectivity index (χ3n) is 4.07. The summed E-state index contributed by atoms with van der Waals surface area (Å²) in [6.45, 7) is 1.81. The molecule has 1 aliphatic carbocycles. The van der Waals surface area contributed by atoms with Gasteiger partial charge in [0.1, 0.15) is 4.90 Å². The van der Waals surface area contributed by atoms with Crippen LogP contribution in [-0.4, -0.2) is 25.4 Å². The van der Waals surface area contributed by atoms with Crippen molar-refractivity contribution in [2.24, 2.45) is 0 Å². The largest absolute Gasteiger partial charge is 0.298 e. The summed E-state index contributed by atoms with van der Waals surface area (Å²) in [7, 11) is -3.85. The lowest BCUT2D eigenvalue weighted by Crippen LogP contribution is -2.33. The molecule has 1 amide bonds. The fraction of sp³-hybridized carbons (Fsp3) is 0.375. The summed E-state index contributed by atoms with van der Waals surface area (Å²) >= 11 is 13.5. The second-order valence-corrected chi connectivity index (χ2v) is 9.47. The number of hydrogen-bond acceptors (Lipinski definition) is 5. The molecule has 0 atom stereocenters. The SMILES string of the molecule is Cc1csc(NC(=O)c2cc(S(=O)(=O)NC3CCCC3)c(Cl)cc2Cl)n1. The molecule has 1 aliphatic rings. The van der Waals surface area contributed by atoms with Gasteiger partial charge < -0.3 is 0 Å². The molecule has 2 N–H and O–H groups in total. The summed E-state index contributed by atoms with van der Waals surface area (Å²) in [6.07, 6.45) is 3.56. The van der Waals surface area contributed by atoms with Crippen molar-refractivity contribution in [3.63, 3.8) is 0 Å². The quantitative estimate of drug-likeness (QED) is 0.737. The van der Waals surface area contributed by atoms with Crippen molar-refractivity contribution >= 4 is 55.6 Å². The molecule has 1 aromatic heterocycles. The molecule has 0 saturated heterocycles. The summed E-state index contributed by atoms with van der Waals surface area (Å²) in [6, 6.07) is 2.37. The maximum absolute atomic E-state index is 12.7. The van der Waals surface area contributed by atoms with Crippen molar-refractivity contribution in [3.8, 4) is 0 Å². The number of rotatable bonds is 5. The number of halogens is 2. The first-order valence-corrected chi connectivity index (χ1v) is 11.1. The molecule has 1 fully saturated rings. The van der Waals surface area contributed by atoms with Gasteiger partial charge in [-0.2, -0.15) is 0 Å². The molecule has 0 bridgehead atoms. The van der Waals surface area contributed by atoms with Gasteiger partial charge in [-0.3, -0.25) is 10.1 Å². The highest BCUT2D eigenvalue weighted by Gasteiger charge is 2.27. The number of thiazole rings is 1. The Hall–Kier alpha value is -1.19. The molecule has 1 heterocycles. The highest BCUT2D eigenvalue weighted by atomic mass is 35.5. The summed E-state index contributed by atoms with van der Waals surface area (Å²) in [4.78, 5) is 16.5. The number of aromatic nitrogens is 1. The zero-order chi connectivity index (χ0) is 18.9. The fourth-order valence-corrected chi connectivity index (χ4v) is 5.66. The molecular formula is C16H17Cl2N3O3S2. The van der Waals surface area contributed by atoms with Gasteiger partial charge in [-0.05, 0) is 31.9 Å². The molecule has 0 unspecified atom stereocenters. The molecule has 10 heteroatoms. The van der Waals surface area contributed by atoms with E-state index in [0.717, 1.165) is 31.4 Å². The third-order valence-corrected chi connectivity index (χ3v) is 7.25. The van der Waals surface area contributed by atoms with E-state index in [0.29, 0.717) is 5.13 Å². The Morgan fingerprint density at radius 3 is 2.54 bits per heavy atom. The van der Waals surface area contributed by atoms with Gasteiger partial charge >= 0.3 is 0 Å². The van der Waals surface area contributed by atoms with Gasteiger partial charge in [-0.1, -0.05) is 36.0 Å². The molecule has 3 rings (SSSR count). The van der Waals surface area contributed by atoms with E-state index in [-0.39, 0.29) is 26.5 Å². The number of nitrogens with one attached hydrogen (secondary N) is 2. The van der Waals surface area contributed by atoms with Crippen LogP contribution in [0.15, 0.2) is 22.4 Å².